The zero-order valence-electron chi connectivity index (χ0n) is 11.1. The number of nitrogens with zero attached hydrogens (tertiary/aromatic N) is 3. The Morgan fingerprint density at radius 3 is 2.75 bits per heavy atom. The SMILES string of the molecule is COCCNCc1ncn(Cc2c(F)cccc2F)n1. The molecule has 0 aliphatic heterocycles. The molecule has 5 nitrogen and oxygen atoms in total. The first-order chi connectivity index (χ1) is 9.70. The van der Waals surface area contributed by atoms with Crippen LogP contribution in [-0.2, 0) is 17.8 Å². The average Bonchev–Trinajstić information content (AvgIpc) is 2.87. The van der Waals surface area contributed by atoms with Crippen LogP contribution in [0.4, 0.5) is 8.78 Å². The van der Waals surface area contributed by atoms with E-state index in [1.54, 1.807) is 7.11 Å². The van der Waals surface area contributed by atoms with Crippen molar-refractivity contribution in [1.82, 2.24) is 20.1 Å². The van der Waals surface area contributed by atoms with E-state index in [0.29, 0.717) is 25.5 Å². The summed E-state index contributed by atoms with van der Waals surface area (Å²) >= 11 is 0. The second-order valence-electron chi connectivity index (χ2n) is 4.23. The molecule has 1 aromatic carbocycles. The fourth-order valence-corrected chi connectivity index (χ4v) is 1.71. The Morgan fingerprint density at radius 1 is 1.30 bits per heavy atom. The minimum Gasteiger partial charge on any atom is -0.383 e. The van der Waals surface area contributed by atoms with Crippen LogP contribution in [0.5, 0.6) is 0 Å². The summed E-state index contributed by atoms with van der Waals surface area (Å²) in [6, 6.07) is 3.78. The minimum absolute atomic E-state index is 0.0173. The Kier molecular flexibility index (Phi) is 5.14. The van der Waals surface area contributed by atoms with Crippen LogP contribution in [0.25, 0.3) is 0 Å². The van der Waals surface area contributed by atoms with Crippen molar-refractivity contribution in [3.05, 3.63) is 47.5 Å². The van der Waals surface area contributed by atoms with Crippen LogP contribution in [0.2, 0.25) is 0 Å². The van der Waals surface area contributed by atoms with Crippen molar-refractivity contribution < 1.29 is 13.5 Å². The molecular formula is C13H16F2N4O. The van der Waals surface area contributed by atoms with Gasteiger partial charge in [-0.25, -0.2) is 18.4 Å². The second kappa shape index (κ2) is 7.06. The number of halogens is 2. The van der Waals surface area contributed by atoms with Crippen molar-refractivity contribution in [3.8, 4) is 0 Å². The van der Waals surface area contributed by atoms with E-state index in [4.69, 9.17) is 4.74 Å². The summed E-state index contributed by atoms with van der Waals surface area (Å²) in [6.45, 7) is 1.79. The van der Waals surface area contributed by atoms with Gasteiger partial charge in [-0.3, -0.25) is 0 Å². The van der Waals surface area contributed by atoms with Crippen molar-refractivity contribution in [2.75, 3.05) is 20.3 Å². The van der Waals surface area contributed by atoms with Gasteiger partial charge in [-0.05, 0) is 12.1 Å². The highest BCUT2D eigenvalue weighted by Gasteiger charge is 2.10. The Hall–Kier alpha value is -1.86. The lowest BCUT2D eigenvalue weighted by Crippen LogP contribution is -2.19. The van der Waals surface area contributed by atoms with Crippen LogP contribution < -0.4 is 5.32 Å². The van der Waals surface area contributed by atoms with E-state index in [2.05, 4.69) is 15.4 Å². The molecule has 2 aromatic rings. The Morgan fingerprint density at radius 2 is 2.05 bits per heavy atom. The fourth-order valence-electron chi connectivity index (χ4n) is 1.71. The van der Waals surface area contributed by atoms with Gasteiger partial charge in [-0.2, -0.15) is 5.10 Å². The molecular weight excluding hydrogens is 266 g/mol. The van der Waals surface area contributed by atoms with Gasteiger partial charge in [0.15, 0.2) is 5.82 Å². The number of rotatable bonds is 7. The third kappa shape index (κ3) is 3.82. The van der Waals surface area contributed by atoms with Gasteiger partial charge in [0, 0.05) is 19.2 Å². The van der Waals surface area contributed by atoms with Crippen molar-refractivity contribution in [2.24, 2.45) is 0 Å². The highest BCUT2D eigenvalue weighted by Crippen LogP contribution is 2.13. The number of aromatic nitrogens is 3. The minimum atomic E-state index is -0.583. The first-order valence-electron chi connectivity index (χ1n) is 6.21. The van der Waals surface area contributed by atoms with E-state index in [1.165, 1.54) is 29.2 Å². The maximum absolute atomic E-state index is 13.5. The zero-order chi connectivity index (χ0) is 14.4. The number of methoxy groups -OCH3 is 1. The van der Waals surface area contributed by atoms with Crippen molar-refractivity contribution in [2.45, 2.75) is 13.1 Å². The largest absolute Gasteiger partial charge is 0.383 e. The summed E-state index contributed by atoms with van der Waals surface area (Å²) in [5.74, 6) is -0.599. The number of benzene rings is 1. The molecule has 0 saturated carbocycles. The molecule has 0 bridgehead atoms. The van der Waals surface area contributed by atoms with E-state index < -0.39 is 11.6 Å². The molecule has 20 heavy (non-hydrogen) atoms. The summed E-state index contributed by atoms with van der Waals surface area (Å²) in [5, 5.41) is 7.25. The van der Waals surface area contributed by atoms with Gasteiger partial charge in [0.1, 0.15) is 18.0 Å². The number of hydrogen-bond acceptors (Lipinski definition) is 4. The average molecular weight is 282 g/mol. The molecule has 0 radical (unpaired) electrons. The molecule has 1 N–H and O–H groups in total. The van der Waals surface area contributed by atoms with Gasteiger partial charge >= 0.3 is 0 Å². The third-order valence-corrected chi connectivity index (χ3v) is 2.73. The van der Waals surface area contributed by atoms with Gasteiger partial charge in [0.2, 0.25) is 0 Å². The maximum atomic E-state index is 13.5. The Labute approximate surface area is 115 Å². The van der Waals surface area contributed by atoms with E-state index >= 15 is 0 Å². The summed E-state index contributed by atoms with van der Waals surface area (Å²) in [7, 11) is 1.62. The number of hydrogen-bond donors (Lipinski definition) is 1. The number of nitrogens with one attached hydrogen (secondary N) is 1. The first-order valence-corrected chi connectivity index (χ1v) is 6.21. The highest BCUT2D eigenvalue weighted by atomic mass is 19.1. The molecule has 0 fully saturated rings. The predicted octanol–water partition coefficient (Wildman–Crippen LogP) is 1.34. The van der Waals surface area contributed by atoms with E-state index in [-0.39, 0.29) is 12.1 Å². The summed E-state index contributed by atoms with van der Waals surface area (Å²) in [6.07, 6.45) is 1.46. The quantitative estimate of drug-likeness (QED) is 0.779. The van der Waals surface area contributed by atoms with Crippen LogP contribution in [0.15, 0.2) is 24.5 Å². The number of ether oxygens (including phenoxy) is 1. The van der Waals surface area contributed by atoms with Gasteiger partial charge in [0.25, 0.3) is 0 Å². The predicted molar refractivity (Wildman–Crippen MR) is 69.1 cm³/mol. The van der Waals surface area contributed by atoms with Gasteiger partial charge in [-0.1, -0.05) is 6.07 Å². The van der Waals surface area contributed by atoms with Gasteiger partial charge in [-0.15, -0.1) is 0 Å². The molecule has 0 aliphatic rings. The molecule has 0 unspecified atom stereocenters. The van der Waals surface area contributed by atoms with Crippen LogP contribution in [0.1, 0.15) is 11.4 Å². The molecule has 0 atom stereocenters. The molecule has 0 saturated heterocycles. The fraction of sp³-hybridized carbons (Fsp3) is 0.385. The molecule has 0 spiro atoms. The van der Waals surface area contributed by atoms with Crippen molar-refractivity contribution >= 4 is 0 Å². The lowest BCUT2D eigenvalue weighted by atomic mass is 10.2. The first kappa shape index (κ1) is 14.5. The lowest BCUT2D eigenvalue weighted by molar-refractivity contribution is 0.199. The van der Waals surface area contributed by atoms with Crippen LogP contribution in [0, 0.1) is 11.6 Å². The molecule has 0 amide bonds. The van der Waals surface area contributed by atoms with Gasteiger partial charge < -0.3 is 10.1 Å². The summed E-state index contributed by atoms with van der Waals surface area (Å²) < 4.78 is 33.3. The van der Waals surface area contributed by atoms with Crippen LogP contribution in [0.3, 0.4) is 0 Å². The zero-order valence-corrected chi connectivity index (χ0v) is 11.1. The van der Waals surface area contributed by atoms with Crippen LogP contribution >= 0.6 is 0 Å². The molecule has 108 valence electrons. The molecule has 2 rings (SSSR count). The molecule has 1 aromatic heterocycles. The normalized spacial score (nSPS) is 10.9. The van der Waals surface area contributed by atoms with E-state index in [1.807, 2.05) is 0 Å². The summed E-state index contributed by atoms with van der Waals surface area (Å²) in [4.78, 5) is 4.07. The second-order valence-corrected chi connectivity index (χ2v) is 4.23. The molecule has 1 heterocycles. The Balaban J connectivity index is 1.96. The molecule has 7 heteroatoms. The van der Waals surface area contributed by atoms with E-state index in [9.17, 15) is 8.78 Å². The van der Waals surface area contributed by atoms with Crippen molar-refractivity contribution in [3.63, 3.8) is 0 Å². The maximum Gasteiger partial charge on any atom is 0.164 e. The Bertz CT molecular complexity index is 539. The smallest absolute Gasteiger partial charge is 0.164 e. The summed E-state index contributed by atoms with van der Waals surface area (Å²) in [5.41, 5.74) is -0.0173. The van der Waals surface area contributed by atoms with Crippen LogP contribution in [-0.4, -0.2) is 35.0 Å². The third-order valence-electron chi connectivity index (χ3n) is 2.73. The lowest BCUT2D eigenvalue weighted by Gasteiger charge is -2.04. The van der Waals surface area contributed by atoms with Crippen molar-refractivity contribution in [1.29, 1.82) is 0 Å². The standard InChI is InChI=1S/C13H16F2N4O/c1-20-6-5-16-7-13-17-9-19(18-13)8-10-11(14)3-2-4-12(10)15/h2-4,9,16H,5-8H2,1H3. The topological polar surface area (TPSA) is 52.0 Å². The van der Waals surface area contributed by atoms with E-state index in [0.717, 1.165) is 0 Å². The van der Waals surface area contributed by atoms with Gasteiger partial charge in [0.05, 0.1) is 19.7 Å². The molecule has 0 aliphatic carbocycles. The monoisotopic (exact) mass is 282 g/mol. The highest BCUT2D eigenvalue weighted by molar-refractivity contribution is 5.19.